The molecule has 2 aliphatic heterocycles. The van der Waals surface area contributed by atoms with Crippen LogP contribution in [-0.2, 0) is 0 Å². The van der Waals surface area contributed by atoms with Crippen molar-refractivity contribution in [2.75, 3.05) is 70.9 Å². The standard InChI is InChI=1S/C14H19N3O.C11H16N4O/c15-12-3-1-2-11(10-12)14(18)17-8-6-16(7-9-17)13-4-5-13;1-14-4-6-15(7-5-14)11(16)10-3-2-9(12)8-13-10/h1-3,10,13H,4-9,15H2;2-3,8H,4-7,12H2,1H3. The lowest BCUT2D eigenvalue weighted by Crippen LogP contribution is -2.49. The Kier molecular flexibility index (Phi) is 7.64. The van der Waals surface area contributed by atoms with Crippen LogP contribution in [0.5, 0.6) is 0 Å². The lowest BCUT2D eigenvalue weighted by atomic mass is 10.1. The number of hydrogen-bond donors (Lipinski definition) is 2. The molecule has 0 radical (unpaired) electrons. The number of likely N-dealkylation sites (N-methyl/N-ethyl adjacent to an activating group) is 1. The molecule has 9 heteroatoms. The molecule has 34 heavy (non-hydrogen) atoms. The van der Waals surface area contributed by atoms with Crippen molar-refractivity contribution >= 4 is 23.2 Å². The van der Waals surface area contributed by atoms with Gasteiger partial charge in [-0.05, 0) is 50.2 Å². The summed E-state index contributed by atoms with van der Waals surface area (Å²) in [4.78, 5) is 36.8. The largest absolute Gasteiger partial charge is 0.399 e. The Morgan fingerprint density at radius 3 is 2.06 bits per heavy atom. The van der Waals surface area contributed by atoms with Crippen LogP contribution in [0.25, 0.3) is 0 Å². The molecule has 0 spiro atoms. The average Bonchev–Trinajstić information content (AvgIpc) is 3.70. The zero-order valence-corrected chi connectivity index (χ0v) is 19.9. The van der Waals surface area contributed by atoms with Crippen molar-refractivity contribution in [3.63, 3.8) is 0 Å². The van der Waals surface area contributed by atoms with E-state index in [1.807, 2.05) is 28.0 Å². The van der Waals surface area contributed by atoms with Crippen LogP contribution < -0.4 is 11.5 Å². The summed E-state index contributed by atoms with van der Waals surface area (Å²) in [7, 11) is 2.06. The number of aromatic nitrogens is 1. The van der Waals surface area contributed by atoms with Crippen LogP contribution >= 0.6 is 0 Å². The lowest BCUT2D eigenvalue weighted by molar-refractivity contribution is 0.0626. The molecule has 1 saturated carbocycles. The number of rotatable bonds is 3. The minimum absolute atomic E-state index is 0.00639. The van der Waals surface area contributed by atoms with E-state index in [-0.39, 0.29) is 11.8 Å². The predicted molar refractivity (Wildman–Crippen MR) is 133 cm³/mol. The van der Waals surface area contributed by atoms with Gasteiger partial charge in [-0.2, -0.15) is 0 Å². The molecule has 1 aliphatic carbocycles. The van der Waals surface area contributed by atoms with Crippen LogP contribution in [0.3, 0.4) is 0 Å². The first kappa shape index (κ1) is 24.0. The number of nitrogens with two attached hydrogens (primary N) is 2. The van der Waals surface area contributed by atoms with Crippen molar-refractivity contribution < 1.29 is 9.59 Å². The molecular weight excluding hydrogens is 430 g/mol. The highest BCUT2D eigenvalue weighted by atomic mass is 16.2. The van der Waals surface area contributed by atoms with Crippen LogP contribution in [0.4, 0.5) is 11.4 Å². The minimum Gasteiger partial charge on any atom is -0.399 e. The van der Waals surface area contributed by atoms with Gasteiger partial charge in [-0.1, -0.05) is 6.07 Å². The lowest BCUT2D eigenvalue weighted by Gasteiger charge is -2.34. The number of nitrogens with zero attached hydrogens (tertiary/aromatic N) is 5. The summed E-state index contributed by atoms with van der Waals surface area (Å²) in [5, 5.41) is 0. The van der Waals surface area contributed by atoms with E-state index in [1.165, 1.54) is 19.0 Å². The number of hydrogen-bond acceptors (Lipinski definition) is 7. The van der Waals surface area contributed by atoms with Crippen molar-refractivity contribution in [1.29, 1.82) is 0 Å². The second-order valence-electron chi connectivity index (χ2n) is 9.26. The van der Waals surface area contributed by atoms with Crippen molar-refractivity contribution in [3.8, 4) is 0 Å². The maximum absolute atomic E-state index is 12.3. The summed E-state index contributed by atoms with van der Waals surface area (Å²) in [5.41, 5.74) is 13.7. The van der Waals surface area contributed by atoms with E-state index in [4.69, 9.17) is 11.5 Å². The molecular formula is C25H35N7O2. The quantitative estimate of drug-likeness (QED) is 0.656. The number of pyridine rings is 1. The van der Waals surface area contributed by atoms with Gasteiger partial charge in [-0.3, -0.25) is 14.5 Å². The predicted octanol–water partition coefficient (Wildman–Crippen LogP) is 1.24. The highest BCUT2D eigenvalue weighted by Crippen LogP contribution is 2.27. The van der Waals surface area contributed by atoms with E-state index in [0.717, 1.165) is 58.4 Å². The monoisotopic (exact) mass is 465 g/mol. The molecule has 0 bridgehead atoms. The van der Waals surface area contributed by atoms with Crippen LogP contribution in [0.2, 0.25) is 0 Å². The van der Waals surface area contributed by atoms with Crippen LogP contribution in [0.1, 0.15) is 33.7 Å². The van der Waals surface area contributed by atoms with Gasteiger partial charge < -0.3 is 26.2 Å². The van der Waals surface area contributed by atoms with Crippen molar-refractivity contribution in [2.45, 2.75) is 18.9 Å². The number of carbonyl (C=O) groups excluding carboxylic acids is 2. The summed E-state index contributed by atoms with van der Waals surface area (Å²) >= 11 is 0. The number of piperazine rings is 2. The highest BCUT2D eigenvalue weighted by molar-refractivity contribution is 5.95. The van der Waals surface area contributed by atoms with Crippen LogP contribution in [0.15, 0.2) is 42.6 Å². The Morgan fingerprint density at radius 1 is 0.824 bits per heavy atom. The SMILES string of the molecule is CN1CCN(C(=O)c2ccc(N)cn2)CC1.Nc1cccc(C(=O)N2CCN(C3CC3)CC2)c1. The topological polar surface area (TPSA) is 112 Å². The highest BCUT2D eigenvalue weighted by Gasteiger charge is 2.32. The molecule has 5 rings (SSSR count). The normalized spacial score (nSPS) is 19.3. The van der Waals surface area contributed by atoms with Gasteiger partial charge in [0.05, 0.1) is 11.9 Å². The number of anilines is 2. The second kappa shape index (κ2) is 10.8. The van der Waals surface area contributed by atoms with Crippen molar-refractivity contribution in [3.05, 3.63) is 53.9 Å². The summed E-state index contributed by atoms with van der Waals surface area (Å²) in [6.07, 6.45) is 4.19. The molecule has 2 amide bonds. The van der Waals surface area contributed by atoms with E-state index in [2.05, 4.69) is 21.8 Å². The van der Waals surface area contributed by atoms with E-state index < -0.39 is 0 Å². The van der Waals surface area contributed by atoms with Crippen LogP contribution in [0, 0.1) is 0 Å². The summed E-state index contributed by atoms with van der Waals surface area (Å²) in [5.74, 6) is 0.103. The van der Waals surface area contributed by atoms with Gasteiger partial charge in [0.15, 0.2) is 0 Å². The Labute approximate surface area is 201 Å². The molecule has 0 unspecified atom stereocenters. The Balaban J connectivity index is 0.000000162. The molecule has 1 aromatic heterocycles. The molecule has 0 atom stereocenters. The van der Waals surface area contributed by atoms with E-state index in [0.29, 0.717) is 22.6 Å². The smallest absolute Gasteiger partial charge is 0.272 e. The molecule has 4 N–H and O–H groups in total. The minimum atomic E-state index is -0.00639. The van der Waals surface area contributed by atoms with E-state index in [9.17, 15) is 9.59 Å². The van der Waals surface area contributed by atoms with Gasteiger partial charge in [0, 0.05) is 69.7 Å². The first-order valence-corrected chi connectivity index (χ1v) is 12.0. The summed E-state index contributed by atoms with van der Waals surface area (Å²) < 4.78 is 0. The fourth-order valence-electron chi connectivity index (χ4n) is 4.29. The summed E-state index contributed by atoms with van der Waals surface area (Å²) in [6, 6.07) is 11.4. The Bertz CT molecular complexity index is 977. The molecule has 182 valence electrons. The Hall–Kier alpha value is -3.17. The maximum atomic E-state index is 12.3. The van der Waals surface area contributed by atoms with Crippen molar-refractivity contribution in [1.82, 2.24) is 24.6 Å². The maximum Gasteiger partial charge on any atom is 0.272 e. The molecule has 9 nitrogen and oxygen atoms in total. The summed E-state index contributed by atoms with van der Waals surface area (Å²) in [6.45, 7) is 7.07. The molecule has 1 aromatic carbocycles. The van der Waals surface area contributed by atoms with Crippen molar-refractivity contribution in [2.24, 2.45) is 0 Å². The van der Waals surface area contributed by atoms with E-state index in [1.54, 1.807) is 18.2 Å². The molecule has 2 saturated heterocycles. The van der Waals surface area contributed by atoms with Gasteiger partial charge in [-0.15, -0.1) is 0 Å². The first-order valence-electron chi connectivity index (χ1n) is 12.0. The zero-order valence-electron chi connectivity index (χ0n) is 19.9. The molecule has 3 fully saturated rings. The van der Waals surface area contributed by atoms with Crippen LogP contribution in [-0.4, -0.2) is 102 Å². The molecule has 3 heterocycles. The Morgan fingerprint density at radius 2 is 1.47 bits per heavy atom. The van der Waals surface area contributed by atoms with Gasteiger partial charge in [0.1, 0.15) is 5.69 Å². The second-order valence-corrected chi connectivity index (χ2v) is 9.26. The van der Waals surface area contributed by atoms with Gasteiger partial charge in [0.2, 0.25) is 0 Å². The molecule has 2 aromatic rings. The number of benzene rings is 1. The average molecular weight is 466 g/mol. The van der Waals surface area contributed by atoms with Gasteiger partial charge in [-0.25, -0.2) is 4.98 Å². The number of carbonyl (C=O) groups is 2. The fourth-order valence-corrected chi connectivity index (χ4v) is 4.29. The third kappa shape index (κ3) is 6.24. The third-order valence-corrected chi connectivity index (χ3v) is 6.59. The fraction of sp³-hybridized carbons (Fsp3) is 0.480. The molecule has 3 aliphatic rings. The van der Waals surface area contributed by atoms with Gasteiger partial charge in [0.25, 0.3) is 11.8 Å². The van der Waals surface area contributed by atoms with E-state index >= 15 is 0 Å². The third-order valence-electron chi connectivity index (χ3n) is 6.59. The zero-order chi connectivity index (χ0) is 24.1. The number of amides is 2. The van der Waals surface area contributed by atoms with Gasteiger partial charge >= 0.3 is 0 Å². The number of nitrogen functional groups attached to an aromatic ring is 2. The first-order chi connectivity index (χ1) is 16.4.